The van der Waals surface area contributed by atoms with Gasteiger partial charge in [0.25, 0.3) is 0 Å². The molecule has 1 aromatic heterocycles. The Morgan fingerprint density at radius 3 is 2.23 bits per heavy atom. The van der Waals surface area contributed by atoms with Crippen molar-refractivity contribution in [1.82, 2.24) is 15.3 Å². The predicted molar refractivity (Wildman–Crippen MR) is 102 cm³/mol. The zero-order valence-corrected chi connectivity index (χ0v) is 15.7. The quantitative estimate of drug-likeness (QED) is 0.839. The summed E-state index contributed by atoms with van der Waals surface area (Å²) < 4.78 is 4.60. The van der Waals surface area contributed by atoms with Crippen LogP contribution in [0, 0.1) is 17.8 Å². The summed E-state index contributed by atoms with van der Waals surface area (Å²) in [5, 5.41) is 2.75. The number of benzene rings is 1. The van der Waals surface area contributed by atoms with Crippen molar-refractivity contribution in [3.8, 4) is 11.8 Å². The molecule has 1 aromatic carbocycles. The molecule has 0 fully saturated rings. The number of nitrogens with zero attached hydrogens (tertiary/aromatic N) is 2. The summed E-state index contributed by atoms with van der Waals surface area (Å²) in [4.78, 5) is 19.9. The highest BCUT2D eigenvalue weighted by molar-refractivity contribution is 5.67. The topological polar surface area (TPSA) is 64.1 Å². The van der Waals surface area contributed by atoms with Gasteiger partial charge < -0.3 is 10.1 Å². The molecule has 0 spiro atoms. The molecule has 0 saturated carbocycles. The van der Waals surface area contributed by atoms with Crippen LogP contribution in [0.3, 0.4) is 0 Å². The summed E-state index contributed by atoms with van der Waals surface area (Å²) in [7, 11) is 1.36. The number of hydrogen-bond acceptors (Lipinski definition) is 4. The van der Waals surface area contributed by atoms with Gasteiger partial charge in [0.1, 0.15) is 5.82 Å². The first-order valence-electron chi connectivity index (χ1n) is 8.72. The molecule has 0 radical (unpaired) electrons. The van der Waals surface area contributed by atoms with Crippen LogP contribution >= 0.6 is 0 Å². The number of aromatic nitrogens is 2. The molecule has 0 saturated heterocycles. The number of carbonyl (C=O) groups is 1. The fourth-order valence-corrected chi connectivity index (χ4v) is 2.42. The molecule has 0 aliphatic heterocycles. The van der Waals surface area contributed by atoms with E-state index in [9.17, 15) is 4.79 Å². The number of rotatable bonds is 5. The second-order valence-corrected chi connectivity index (χ2v) is 6.67. The molecule has 1 atom stereocenters. The minimum absolute atomic E-state index is 0.000821. The fraction of sp³-hybridized carbons (Fsp3) is 0.381. The monoisotopic (exact) mass is 351 g/mol. The third-order valence-electron chi connectivity index (χ3n) is 3.69. The number of amides is 1. The van der Waals surface area contributed by atoms with Crippen LogP contribution in [-0.2, 0) is 17.6 Å². The molecule has 1 unspecified atom stereocenters. The number of nitrogens with one attached hydrogen (secondary N) is 1. The maximum Gasteiger partial charge on any atom is 0.407 e. The Hall–Kier alpha value is -2.87. The van der Waals surface area contributed by atoms with Crippen molar-refractivity contribution in [3.63, 3.8) is 0 Å². The maximum absolute atomic E-state index is 11.2. The van der Waals surface area contributed by atoms with Crippen LogP contribution < -0.4 is 5.32 Å². The fourth-order valence-electron chi connectivity index (χ4n) is 2.42. The molecule has 26 heavy (non-hydrogen) atoms. The lowest BCUT2D eigenvalue weighted by atomic mass is 10.1. The Bertz CT molecular complexity index is 772. The van der Waals surface area contributed by atoms with E-state index in [4.69, 9.17) is 0 Å². The summed E-state index contributed by atoms with van der Waals surface area (Å²) >= 11 is 0. The van der Waals surface area contributed by atoms with Gasteiger partial charge in [-0.05, 0) is 37.0 Å². The van der Waals surface area contributed by atoms with Crippen molar-refractivity contribution in [1.29, 1.82) is 0 Å². The number of alkyl carbamates (subject to hydrolysis) is 1. The number of hydrogen-bond donors (Lipinski definition) is 1. The summed E-state index contributed by atoms with van der Waals surface area (Å²) in [5.74, 6) is 7.60. The molecule has 5 nitrogen and oxygen atoms in total. The molecule has 0 bridgehead atoms. The van der Waals surface area contributed by atoms with Crippen molar-refractivity contribution in [2.75, 3.05) is 7.11 Å². The molecule has 0 aliphatic carbocycles. The summed E-state index contributed by atoms with van der Waals surface area (Å²) in [5.41, 5.74) is 2.85. The zero-order valence-electron chi connectivity index (χ0n) is 15.7. The van der Waals surface area contributed by atoms with Crippen LogP contribution in [0.2, 0.25) is 0 Å². The van der Waals surface area contributed by atoms with E-state index in [0.717, 1.165) is 35.4 Å². The molecule has 1 N–H and O–H groups in total. The van der Waals surface area contributed by atoms with Crippen molar-refractivity contribution in [2.24, 2.45) is 5.92 Å². The van der Waals surface area contributed by atoms with Gasteiger partial charge in [-0.3, -0.25) is 0 Å². The Kier molecular flexibility index (Phi) is 7.16. The summed E-state index contributed by atoms with van der Waals surface area (Å²) in [6.45, 7) is 6.23. The van der Waals surface area contributed by atoms with E-state index in [1.165, 1.54) is 7.11 Å². The van der Waals surface area contributed by atoms with Gasteiger partial charge >= 0.3 is 6.09 Å². The van der Waals surface area contributed by atoms with Gasteiger partial charge in [0.15, 0.2) is 0 Å². The predicted octanol–water partition coefficient (Wildman–Crippen LogP) is 3.36. The first-order chi connectivity index (χ1) is 12.5. The highest BCUT2D eigenvalue weighted by Crippen LogP contribution is 2.07. The molecule has 5 heteroatoms. The van der Waals surface area contributed by atoms with Gasteiger partial charge in [0.05, 0.1) is 12.7 Å². The SMILES string of the molecule is COC(=O)NC(C)Cc1ccc(C#Cc2cnc(CC(C)C)nc2)cc1. The molecule has 2 aromatic rings. The van der Waals surface area contributed by atoms with Crippen molar-refractivity contribution in [2.45, 2.75) is 39.7 Å². The first kappa shape index (κ1) is 19.5. The average Bonchev–Trinajstić information content (AvgIpc) is 2.61. The van der Waals surface area contributed by atoms with Crippen LogP contribution in [0.4, 0.5) is 4.79 Å². The highest BCUT2D eigenvalue weighted by atomic mass is 16.5. The third kappa shape index (κ3) is 6.56. The van der Waals surface area contributed by atoms with Crippen molar-refractivity contribution < 1.29 is 9.53 Å². The Morgan fingerprint density at radius 2 is 1.65 bits per heavy atom. The largest absolute Gasteiger partial charge is 0.453 e. The first-order valence-corrected chi connectivity index (χ1v) is 8.72. The van der Waals surface area contributed by atoms with Gasteiger partial charge in [-0.2, -0.15) is 0 Å². The summed E-state index contributed by atoms with van der Waals surface area (Å²) in [6, 6.07) is 7.98. The molecule has 2 rings (SSSR count). The van der Waals surface area contributed by atoms with Crippen LogP contribution in [0.1, 0.15) is 43.3 Å². The van der Waals surface area contributed by atoms with Crippen LogP contribution in [0.5, 0.6) is 0 Å². The minimum Gasteiger partial charge on any atom is -0.453 e. The number of ether oxygens (including phenoxy) is 1. The van der Waals surface area contributed by atoms with E-state index < -0.39 is 6.09 Å². The van der Waals surface area contributed by atoms with Gasteiger partial charge in [-0.15, -0.1) is 0 Å². The number of methoxy groups -OCH3 is 1. The molecule has 1 amide bonds. The lowest BCUT2D eigenvalue weighted by molar-refractivity contribution is 0.167. The minimum atomic E-state index is -0.415. The van der Waals surface area contributed by atoms with E-state index in [0.29, 0.717) is 5.92 Å². The number of carbonyl (C=O) groups excluding carboxylic acids is 1. The normalized spacial score (nSPS) is 11.4. The smallest absolute Gasteiger partial charge is 0.407 e. The standard InChI is InChI=1S/C21H25N3O2/c1-15(2)11-20-22-13-19(14-23-20)10-7-17-5-8-18(9-6-17)12-16(3)24-21(25)26-4/h5-6,8-9,13-16H,11-12H2,1-4H3,(H,24,25). The average molecular weight is 351 g/mol. The Morgan fingerprint density at radius 1 is 1.04 bits per heavy atom. The zero-order chi connectivity index (χ0) is 18.9. The van der Waals surface area contributed by atoms with Gasteiger partial charge in [-0.25, -0.2) is 14.8 Å². The lowest BCUT2D eigenvalue weighted by Gasteiger charge is -2.12. The molecule has 1 heterocycles. The molecular formula is C21H25N3O2. The Labute approximate surface area is 155 Å². The van der Waals surface area contributed by atoms with Crippen LogP contribution in [-0.4, -0.2) is 29.2 Å². The van der Waals surface area contributed by atoms with Gasteiger partial charge in [-0.1, -0.05) is 37.8 Å². The van der Waals surface area contributed by atoms with E-state index in [1.54, 1.807) is 12.4 Å². The van der Waals surface area contributed by atoms with Crippen molar-refractivity contribution in [3.05, 3.63) is 59.2 Å². The second-order valence-electron chi connectivity index (χ2n) is 6.67. The summed E-state index contributed by atoms with van der Waals surface area (Å²) in [6.07, 6.45) is 4.73. The lowest BCUT2D eigenvalue weighted by Crippen LogP contribution is -2.33. The van der Waals surface area contributed by atoms with E-state index in [1.807, 2.05) is 31.2 Å². The third-order valence-corrected chi connectivity index (χ3v) is 3.69. The van der Waals surface area contributed by atoms with Crippen molar-refractivity contribution >= 4 is 6.09 Å². The highest BCUT2D eigenvalue weighted by Gasteiger charge is 2.07. The molecule has 0 aliphatic rings. The molecule has 136 valence electrons. The maximum atomic E-state index is 11.2. The van der Waals surface area contributed by atoms with Gasteiger partial charge in [0, 0.05) is 30.4 Å². The van der Waals surface area contributed by atoms with Crippen LogP contribution in [0.15, 0.2) is 36.7 Å². The van der Waals surface area contributed by atoms with Gasteiger partial charge in [0.2, 0.25) is 0 Å². The second kappa shape index (κ2) is 9.57. The van der Waals surface area contributed by atoms with E-state index in [2.05, 4.69) is 45.7 Å². The van der Waals surface area contributed by atoms with E-state index in [-0.39, 0.29) is 6.04 Å². The molecular weight excluding hydrogens is 326 g/mol. The van der Waals surface area contributed by atoms with Crippen LogP contribution in [0.25, 0.3) is 0 Å². The van der Waals surface area contributed by atoms with E-state index >= 15 is 0 Å². The Balaban J connectivity index is 1.95.